The lowest BCUT2D eigenvalue weighted by Crippen LogP contribution is -2.51. The predicted molar refractivity (Wildman–Crippen MR) is 270 cm³/mol. The second-order valence-electron chi connectivity index (χ2n) is 19.3. The number of anilines is 1. The molecule has 2 aromatic rings. The summed E-state index contributed by atoms with van der Waals surface area (Å²) in [5, 5.41) is 47.9. The number of allylic oxidation sites excluding steroid dienone is 4. The summed E-state index contributed by atoms with van der Waals surface area (Å²) in [6, 6.07) is 9.49. The molecule has 1 aliphatic heterocycles. The van der Waals surface area contributed by atoms with Crippen molar-refractivity contribution >= 4 is 81.4 Å². The number of carboxylic acid groups (broad SMARTS) is 1. The van der Waals surface area contributed by atoms with Gasteiger partial charge in [-0.25, -0.2) is 9.59 Å². The van der Waals surface area contributed by atoms with E-state index >= 15 is 0 Å². The Bertz CT molecular complexity index is 2680. The number of nitro groups is 1. The zero-order chi connectivity index (χ0) is 53.8. The number of carboxylic acids is 1. The van der Waals surface area contributed by atoms with Crippen LogP contribution in [0.1, 0.15) is 89.6 Å². The van der Waals surface area contributed by atoms with Gasteiger partial charge in [0.25, 0.3) is 5.69 Å². The normalized spacial score (nSPS) is 17.9. The molecule has 5 atom stereocenters. The third-order valence-corrected chi connectivity index (χ3v) is 12.9. The molecule has 4 amide bonds. The third-order valence-electron chi connectivity index (χ3n) is 12.7. The molecule has 0 saturated carbocycles. The summed E-state index contributed by atoms with van der Waals surface area (Å²) in [7, 11) is 0. The predicted octanol–water partition coefficient (Wildman–Crippen LogP) is 3.97. The number of esters is 1. The molecular weight excluding hydrogens is 967 g/mol. The minimum atomic E-state index is -1.36. The third kappa shape index (κ3) is 15.0. The number of carbonyl (C=O) groups is 8. The first kappa shape index (κ1) is 56.3. The topological polar surface area (TPSA) is 311 Å². The number of aliphatic hydroxyl groups excluding tert-OH is 1. The van der Waals surface area contributed by atoms with Gasteiger partial charge in [0.05, 0.1) is 23.1 Å². The second kappa shape index (κ2) is 24.2. The number of nitrogens with zero attached hydrogens (tertiary/aromatic N) is 1. The summed E-state index contributed by atoms with van der Waals surface area (Å²) < 4.78 is 11.1. The van der Waals surface area contributed by atoms with E-state index in [1.165, 1.54) is 43.4 Å². The zero-order valence-corrected chi connectivity index (χ0v) is 42.2. The van der Waals surface area contributed by atoms with Gasteiger partial charge in [-0.15, -0.1) is 0 Å². The summed E-state index contributed by atoms with van der Waals surface area (Å²) in [6.45, 7) is 9.14. The molecule has 5 unspecified atom stereocenters. The van der Waals surface area contributed by atoms with Gasteiger partial charge in [-0.1, -0.05) is 46.8 Å². The quantitative estimate of drug-likeness (QED) is 0.0195. The number of nitrogens with one attached hydrogen (secondary N) is 6. The molecule has 0 aromatic heterocycles. The fourth-order valence-electron chi connectivity index (χ4n) is 8.93. The highest BCUT2D eigenvalue weighted by molar-refractivity contribution is 7.80. The first-order valence-corrected chi connectivity index (χ1v) is 24.0. The van der Waals surface area contributed by atoms with Gasteiger partial charge >= 0.3 is 11.9 Å². The highest BCUT2D eigenvalue weighted by Gasteiger charge is 2.48. The Labute approximate surface area is 426 Å². The molecule has 73 heavy (non-hydrogen) atoms. The van der Waals surface area contributed by atoms with Gasteiger partial charge in [-0.05, 0) is 98.5 Å². The first-order valence-electron chi connectivity index (χ1n) is 23.6. The smallest absolute Gasteiger partial charge is 0.336 e. The maximum atomic E-state index is 14.3. The molecule has 2 aliphatic carbocycles. The number of amides is 4. The maximum Gasteiger partial charge on any atom is 0.336 e. The van der Waals surface area contributed by atoms with E-state index < -0.39 is 88.0 Å². The van der Waals surface area contributed by atoms with E-state index in [-0.39, 0.29) is 84.8 Å². The minimum absolute atomic E-state index is 0.0229. The molecule has 2 aromatic carbocycles. The van der Waals surface area contributed by atoms with Crippen molar-refractivity contribution in [1.82, 2.24) is 26.6 Å². The number of carbonyl (C=O) groups excluding carboxylic acids is 7. The number of benzene rings is 2. The number of fused-ring (bicyclic) bond motifs is 2. The summed E-state index contributed by atoms with van der Waals surface area (Å²) in [4.78, 5) is 114. The van der Waals surface area contributed by atoms with Crippen LogP contribution in [0.25, 0.3) is 5.57 Å². The Morgan fingerprint density at radius 2 is 1.56 bits per heavy atom. The van der Waals surface area contributed by atoms with Crippen molar-refractivity contribution in [1.29, 1.82) is 0 Å². The zero-order valence-electron chi connectivity index (χ0n) is 41.4. The van der Waals surface area contributed by atoms with Crippen LogP contribution in [-0.4, -0.2) is 112 Å². The molecule has 0 radical (unpaired) electrons. The molecule has 0 spiro atoms. The van der Waals surface area contributed by atoms with Gasteiger partial charge in [-0.3, -0.25) is 38.9 Å². The number of thiocarbonyl (C=S) groups is 1. The van der Waals surface area contributed by atoms with Crippen molar-refractivity contribution < 1.29 is 63.0 Å². The molecule has 0 fully saturated rings. The highest BCUT2D eigenvalue weighted by atomic mass is 32.1. The Balaban J connectivity index is 1.20. The monoisotopic (exact) mass is 1030 g/mol. The Hall–Kier alpha value is -7.59. The van der Waals surface area contributed by atoms with Crippen LogP contribution in [0, 0.1) is 32.3 Å². The van der Waals surface area contributed by atoms with E-state index in [0.717, 1.165) is 12.1 Å². The van der Waals surface area contributed by atoms with E-state index in [9.17, 15) is 58.7 Å². The van der Waals surface area contributed by atoms with Crippen molar-refractivity contribution in [3.63, 3.8) is 0 Å². The summed E-state index contributed by atoms with van der Waals surface area (Å²) in [5.41, 5.74) is -2.14. The average Bonchev–Trinajstić information content (AvgIpc) is 3.33. The number of non-ortho nitro benzene ring substituents is 1. The number of hydrogen-bond donors (Lipinski definition) is 8. The van der Waals surface area contributed by atoms with E-state index in [1.807, 2.05) is 0 Å². The molecule has 22 heteroatoms. The van der Waals surface area contributed by atoms with Crippen LogP contribution < -0.4 is 36.6 Å². The number of aliphatic hydroxyl groups is 1. The average molecular weight is 1030 g/mol. The summed E-state index contributed by atoms with van der Waals surface area (Å²) in [6.07, 6.45) is 6.50. The highest BCUT2D eigenvalue weighted by Crippen LogP contribution is 2.46. The van der Waals surface area contributed by atoms with Crippen LogP contribution in [0.2, 0.25) is 0 Å². The van der Waals surface area contributed by atoms with Crippen LogP contribution in [-0.2, 0) is 38.3 Å². The molecule has 3 aliphatic rings. The Morgan fingerprint density at radius 1 is 0.877 bits per heavy atom. The van der Waals surface area contributed by atoms with Crippen LogP contribution in [0.3, 0.4) is 0 Å². The van der Waals surface area contributed by atoms with Crippen molar-refractivity contribution in [2.75, 3.05) is 38.0 Å². The molecule has 21 nitrogen and oxygen atoms in total. The fraction of sp³-hybridized carbons (Fsp3) is 0.431. The largest absolute Gasteiger partial charge is 0.488 e. The lowest BCUT2D eigenvalue weighted by molar-refractivity contribution is -0.384. The lowest BCUT2D eigenvalue weighted by Gasteiger charge is -2.41. The number of rotatable bonds is 23. The van der Waals surface area contributed by atoms with Gasteiger partial charge in [-0.2, -0.15) is 0 Å². The van der Waals surface area contributed by atoms with Crippen LogP contribution in [0.4, 0.5) is 11.4 Å². The van der Waals surface area contributed by atoms with Crippen LogP contribution >= 0.6 is 12.2 Å². The van der Waals surface area contributed by atoms with Gasteiger partial charge in [0.1, 0.15) is 24.2 Å². The van der Waals surface area contributed by atoms with Crippen molar-refractivity contribution in [2.24, 2.45) is 22.2 Å². The summed E-state index contributed by atoms with van der Waals surface area (Å²) in [5.74, 6) is -4.85. The number of ether oxygens (including phenoxy) is 2. The number of nitro benzene ring substituents is 1. The van der Waals surface area contributed by atoms with Crippen molar-refractivity contribution in [3.05, 3.63) is 105 Å². The van der Waals surface area contributed by atoms with E-state index in [0.29, 0.717) is 28.8 Å². The maximum absolute atomic E-state index is 14.3. The van der Waals surface area contributed by atoms with E-state index in [4.69, 9.17) is 21.7 Å². The standard InChI is InChI=1S/C51H61N7O14S/c1-7-50(5,46(67)56-25-41(62)54-26-42(63)71-34-14-10-31(11-15-34)58(69)70)28-51(6,27-49(3,4)45(66)55-24-29(2)59)47(68)52-19-8-20-53-48(73)57-30-9-16-35(38(21-30)44(64)65)43-36-17-12-32(60)22-39(36)72-40-23-33(61)13-18-37(40)43/h9-18,21-22,29,37,40,59H,7-8,19-20,23-28H2,1-6H3,(H,52,68)(H,54,62)(H,55,66)(H,56,67)(H,64,65)(H2,53,57,73). The molecule has 1 heterocycles. The molecule has 390 valence electrons. The lowest BCUT2D eigenvalue weighted by atomic mass is 9.64. The Kier molecular flexibility index (Phi) is 18.7. The number of aromatic carboxylic acids is 1. The van der Waals surface area contributed by atoms with Gasteiger partial charge in [0.15, 0.2) is 16.7 Å². The minimum Gasteiger partial charge on any atom is -0.488 e. The van der Waals surface area contributed by atoms with Crippen LogP contribution in [0.5, 0.6) is 5.75 Å². The van der Waals surface area contributed by atoms with E-state index in [2.05, 4.69) is 31.9 Å². The molecule has 0 saturated heterocycles. The molecule has 5 rings (SSSR count). The fourth-order valence-corrected chi connectivity index (χ4v) is 9.15. The number of ketones is 2. The van der Waals surface area contributed by atoms with E-state index in [1.54, 1.807) is 58.9 Å². The summed E-state index contributed by atoms with van der Waals surface area (Å²) >= 11 is 5.53. The van der Waals surface area contributed by atoms with Crippen LogP contribution in [0.15, 0.2) is 84.2 Å². The Morgan fingerprint density at radius 3 is 2.22 bits per heavy atom. The van der Waals surface area contributed by atoms with Gasteiger partial charge in [0.2, 0.25) is 23.6 Å². The second-order valence-corrected chi connectivity index (χ2v) is 19.7. The first-order chi connectivity index (χ1) is 34.3. The number of hydrogen-bond acceptors (Lipinski definition) is 14. The van der Waals surface area contributed by atoms with Crippen molar-refractivity contribution in [3.8, 4) is 5.75 Å². The molecule has 0 bridgehead atoms. The van der Waals surface area contributed by atoms with Crippen molar-refractivity contribution in [2.45, 2.75) is 85.9 Å². The molecular formula is C51H61N7O14S. The molecule has 8 N–H and O–H groups in total. The van der Waals surface area contributed by atoms with Gasteiger partial charge in [0, 0.05) is 77.7 Å². The SMILES string of the molecule is CCC(C)(CC(C)(CC(C)(C)C(=O)NCC(C)O)C(=O)NCCCNC(=S)Nc1ccc(C2=C3C=CC(=O)C=C3OC3CC(=O)C=CC23)c(C(=O)O)c1)C(=O)NCC(=O)NCC(=O)Oc1ccc([N+](=O)[O-])cc1. The van der Waals surface area contributed by atoms with Gasteiger partial charge < -0.3 is 51.6 Å².